The third kappa shape index (κ3) is 2.43. The molecule has 2 nitrogen and oxygen atoms in total. The first-order valence-electron chi connectivity index (χ1n) is 5.04. The smallest absolute Gasteiger partial charge is 0.121 e. The minimum Gasteiger partial charge on any atom is -0.382 e. The normalized spacial score (nSPS) is 12.4. The molecule has 0 saturated carbocycles. The van der Waals surface area contributed by atoms with Gasteiger partial charge in [0.2, 0.25) is 0 Å². The second-order valence-corrected chi connectivity index (χ2v) is 4.31. The molecule has 0 aliphatic rings. The third-order valence-electron chi connectivity index (χ3n) is 2.38. The van der Waals surface area contributed by atoms with Crippen LogP contribution in [0.2, 0.25) is 0 Å². The van der Waals surface area contributed by atoms with Gasteiger partial charge in [-0.3, -0.25) is 4.98 Å². The molecule has 0 radical (unpaired) electrons. The molecule has 1 aromatic heterocycles. The van der Waals surface area contributed by atoms with Gasteiger partial charge in [-0.25, -0.2) is 0 Å². The number of hydrogen-bond acceptors (Lipinski definition) is 3. The average Bonchev–Trinajstić information content (AvgIpc) is 2.39. The second-order valence-electron chi connectivity index (χ2n) is 3.43. The molecule has 0 fully saturated rings. The molecule has 0 aliphatic carbocycles. The molecule has 1 heterocycles. The number of benzene rings is 1. The van der Waals surface area contributed by atoms with Crippen LogP contribution in [0.1, 0.15) is 17.4 Å². The molecular weight excluding hydrogens is 218 g/mol. The van der Waals surface area contributed by atoms with Gasteiger partial charge in [-0.2, -0.15) is 0 Å². The summed E-state index contributed by atoms with van der Waals surface area (Å²) < 4.78 is 0. The van der Waals surface area contributed by atoms with Gasteiger partial charge in [0.15, 0.2) is 0 Å². The summed E-state index contributed by atoms with van der Waals surface area (Å²) in [4.78, 5) is 5.31. The van der Waals surface area contributed by atoms with Crippen LogP contribution < -0.4 is 0 Å². The number of aromatic nitrogens is 1. The van der Waals surface area contributed by atoms with Gasteiger partial charge in [0.05, 0.1) is 5.69 Å². The van der Waals surface area contributed by atoms with Crippen molar-refractivity contribution in [2.24, 2.45) is 0 Å². The third-order valence-corrected chi connectivity index (χ3v) is 3.11. The van der Waals surface area contributed by atoms with Crippen LogP contribution in [0.4, 0.5) is 0 Å². The van der Waals surface area contributed by atoms with Crippen molar-refractivity contribution in [2.45, 2.75) is 11.0 Å². The lowest BCUT2D eigenvalue weighted by molar-refractivity contribution is 0.215. The molecule has 0 aliphatic heterocycles. The quantitative estimate of drug-likeness (QED) is 0.824. The number of rotatable bonds is 3. The van der Waals surface area contributed by atoms with Gasteiger partial charge in [-0.15, -0.1) is 11.8 Å². The second kappa shape index (κ2) is 5.14. The summed E-state index contributed by atoms with van der Waals surface area (Å²) in [6, 6.07) is 13.4. The first-order chi connectivity index (χ1) is 7.81. The Morgan fingerprint density at radius 1 is 1.19 bits per heavy atom. The zero-order chi connectivity index (χ0) is 11.4. The Labute approximate surface area is 99.4 Å². The van der Waals surface area contributed by atoms with Gasteiger partial charge < -0.3 is 5.11 Å². The van der Waals surface area contributed by atoms with Crippen molar-refractivity contribution in [3.63, 3.8) is 0 Å². The van der Waals surface area contributed by atoms with Crippen LogP contribution in [0, 0.1) is 0 Å². The highest BCUT2D eigenvalue weighted by molar-refractivity contribution is 7.98. The summed E-state index contributed by atoms with van der Waals surface area (Å²) >= 11 is 1.64. The molecule has 1 N–H and O–H groups in total. The maximum Gasteiger partial charge on any atom is 0.121 e. The number of hydrogen-bond donors (Lipinski definition) is 1. The predicted molar refractivity (Wildman–Crippen MR) is 66.5 cm³/mol. The molecule has 2 aromatic rings. The van der Waals surface area contributed by atoms with Crippen molar-refractivity contribution >= 4 is 11.8 Å². The number of aliphatic hydroxyl groups excluding tert-OH is 1. The van der Waals surface area contributed by atoms with Crippen molar-refractivity contribution in [1.82, 2.24) is 4.98 Å². The van der Waals surface area contributed by atoms with E-state index >= 15 is 0 Å². The highest BCUT2D eigenvalue weighted by Gasteiger charge is 2.11. The molecule has 16 heavy (non-hydrogen) atoms. The molecule has 3 heteroatoms. The molecule has 0 bridgehead atoms. The van der Waals surface area contributed by atoms with Gasteiger partial charge in [-0.05, 0) is 24.0 Å². The van der Waals surface area contributed by atoms with E-state index < -0.39 is 6.10 Å². The minimum atomic E-state index is -0.645. The highest BCUT2D eigenvalue weighted by Crippen LogP contribution is 2.23. The SMILES string of the molecule is CSc1ccnc(C(O)c2ccccc2)c1. The van der Waals surface area contributed by atoms with Crippen LogP contribution in [0.5, 0.6) is 0 Å². The van der Waals surface area contributed by atoms with E-state index in [9.17, 15) is 5.11 Å². The van der Waals surface area contributed by atoms with E-state index in [1.54, 1.807) is 18.0 Å². The lowest BCUT2D eigenvalue weighted by atomic mass is 10.1. The van der Waals surface area contributed by atoms with Crippen LogP contribution in [0.3, 0.4) is 0 Å². The van der Waals surface area contributed by atoms with Gasteiger partial charge in [-0.1, -0.05) is 30.3 Å². The van der Waals surface area contributed by atoms with Gasteiger partial charge >= 0.3 is 0 Å². The number of pyridine rings is 1. The largest absolute Gasteiger partial charge is 0.382 e. The van der Waals surface area contributed by atoms with Crippen LogP contribution in [-0.4, -0.2) is 16.3 Å². The topological polar surface area (TPSA) is 33.1 Å². The lowest BCUT2D eigenvalue weighted by Gasteiger charge is -2.10. The molecule has 0 spiro atoms. The lowest BCUT2D eigenvalue weighted by Crippen LogP contribution is -2.01. The first-order valence-corrected chi connectivity index (χ1v) is 6.26. The summed E-state index contributed by atoms with van der Waals surface area (Å²) in [7, 11) is 0. The van der Waals surface area contributed by atoms with E-state index in [1.807, 2.05) is 48.7 Å². The van der Waals surface area contributed by atoms with E-state index in [-0.39, 0.29) is 0 Å². The van der Waals surface area contributed by atoms with Crippen molar-refractivity contribution in [3.05, 3.63) is 59.9 Å². The van der Waals surface area contributed by atoms with Gasteiger partial charge in [0, 0.05) is 11.1 Å². The fourth-order valence-corrected chi connectivity index (χ4v) is 1.95. The predicted octanol–water partition coefficient (Wildman–Crippen LogP) is 2.89. The molecule has 0 amide bonds. The maximum absolute atomic E-state index is 10.1. The van der Waals surface area contributed by atoms with Crippen molar-refractivity contribution in [3.8, 4) is 0 Å². The number of thioether (sulfide) groups is 1. The maximum atomic E-state index is 10.1. The fourth-order valence-electron chi connectivity index (χ4n) is 1.51. The Hall–Kier alpha value is -1.32. The van der Waals surface area contributed by atoms with Gasteiger partial charge in [0.25, 0.3) is 0 Å². The molecular formula is C13H13NOS. The van der Waals surface area contributed by atoms with Crippen molar-refractivity contribution < 1.29 is 5.11 Å². The Bertz CT molecular complexity index is 458. The standard InChI is InChI=1S/C13H13NOS/c1-16-11-7-8-14-12(9-11)13(15)10-5-3-2-4-6-10/h2-9,13,15H,1H3. The van der Waals surface area contributed by atoms with Crippen molar-refractivity contribution in [2.75, 3.05) is 6.26 Å². The first kappa shape index (κ1) is 11.2. The minimum absolute atomic E-state index is 0.645. The molecule has 82 valence electrons. The summed E-state index contributed by atoms with van der Waals surface area (Å²) in [6.45, 7) is 0. The number of aliphatic hydroxyl groups is 1. The Kier molecular flexibility index (Phi) is 3.59. The monoisotopic (exact) mass is 231 g/mol. The molecule has 0 saturated heterocycles. The van der Waals surface area contributed by atoms with Crippen LogP contribution in [-0.2, 0) is 0 Å². The van der Waals surface area contributed by atoms with Crippen LogP contribution in [0.25, 0.3) is 0 Å². The molecule has 1 unspecified atom stereocenters. The van der Waals surface area contributed by atoms with E-state index in [1.165, 1.54) is 0 Å². The molecule has 1 aromatic carbocycles. The van der Waals surface area contributed by atoms with E-state index in [2.05, 4.69) is 4.98 Å². The summed E-state index contributed by atoms with van der Waals surface area (Å²) in [5, 5.41) is 10.1. The van der Waals surface area contributed by atoms with Gasteiger partial charge in [0.1, 0.15) is 6.10 Å². The van der Waals surface area contributed by atoms with Crippen LogP contribution in [0.15, 0.2) is 53.6 Å². The Balaban J connectivity index is 2.30. The number of nitrogens with zero attached hydrogens (tertiary/aromatic N) is 1. The van der Waals surface area contributed by atoms with Crippen LogP contribution >= 0.6 is 11.8 Å². The fraction of sp³-hybridized carbons (Fsp3) is 0.154. The van der Waals surface area contributed by atoms with E-state index in [4.69, 9.17) is 0 Å². The zero-order valence-corrected chi connectivity index (χ0v) is 9.82. The molecule has 1 atom stereocenters. The van der Waals surface area contributed by atoms with Crippen molar-refractivity contribution in [1.29, 1.82) is 0 Å². The summed E-state index contributed by atoms with van der Waals surface area (Å²) in [5.74, 6) is 0. The zero-order valence-electron chi connectivity index (χ0n) is 9.00. The average molecular weight is 231 g/mol. The molecule has 2 rings (SSSR count). The van der Waals surface area contributed by atoms with E-state index in [0.717, 1.165) is 10.5 Å². The Morgan fingerprint density at radius 3 is 2.62 bits per heavy atom. The summed E-state index contributed by atoms with van der Waals surface area (Å²) in [5.41, 5.74) is 1.56. The Morgan fingerprint density at radius 2 is 1.94 bits per heavy atom. The van der Waals surface area contributed by atoms with E-state index in [0.29, 0.717) is 5.69 Å². The highest BCUT2D eigenvalue weighted by atomic mass is 32.2. The summed E-state index contributed by atoms with van der Waals surface area (Å²) in [6.07, 6.45) is 3.09.